The van der Waals surface area contributed by atoms with Gasteiger partial charge in [-0.2, -0.15) is 0 Å². The fraction of sp³-hybridized carbons (Fsp3) is 0.450. The van der Waals surface area contributed by atoms with Crippen LogP contribution >= 0.6 is 0 Å². The molecule has 1 amide bonds. The molecular formula is C20H27FN2O3S. The van der Waals surface area contributed by atoms with E-state index in [1.807, 2.05) is 0 Å². The van der Waals surface area contributed by atoms with Crippen LogP contribution in [0.1, 0.15) is 25.7 Å². The average Bonchev–Trinajstić information content (AvgIpc) is 2.66. The van der Waals surface area contributed by atoms with E-state index in [0.29, 0.717) is 19.6 Å². The van der Waals surface area contributed by atoms with Crippen molar-refractivity contribution in [3.05, 3.63) is 55.4 Å². The smallest absolute Gasteiger partial charge is 0.240 e. The molecule has 0 radical (unpaired) electrons. The topological polar surface area (TPSA) is 66.5 Å². The summed E-state index contributed by atoms with van der Waals surface area (Å²) in [4.78, 5) is 14.4. The monoisotopic (exact) mass is 394 g/mol. The van der Waals surface area contributed by atoms with E-state index in [4.69, 9.17) is 0 Å². The highest BCUT2D eigenvalue weighted by molar-refractivity contribution is 7.89. The van der Waals surface area contributed by atoms with Crippen LogP contribution < -0.4 is 4.72 Å². The number of benzene rings is 1. The number of carbonyl (C=O) groups excluding carboxylic acids is 1. The molecule has 1 fully saturated rings. The Hall–Kier alpha value is -1.99. The van der Waals surface area contributed by atoms with Crippen molar-refractivity contribution in [2.45, 2.75) is 30.6 Å². The Morgan fingerprint density at radius 2 is 1.67 bits per heavy atom. The van der Waals surface area contributed by atoms with Crippen LogP contribution in [0.4, 0.5) is 4.39 Å². The Kier molecular flexibility index (Phi) is 7.74. The fourth-order valence-corrected chi connectivity index (χ4v) is 4.48. The van der Waals surface area contributed by atoms with Gasteiger partial charge in [-0.1, -0.05) is 12.2 Å². The summed E-state index contributed by atoms with van der Waals surface area (Å²) in [6.07, 6.45) is 6.48. The SMILES string of the molecule is C=CCN(CC=C)C(=O)C1CCC(CNS(=O)(=O)c2ccc(F)cc2)CC1. The predicted octanol–water partition coefficient (Wildman–Crippen LogP) is 3.11. The normalized spacial score (nSPS) is 20.0. The van der Waals surface area contributed by atoms with Crippen LogP contribution in [0.2, 0.25) is 0 Å². The van der Waals surface area contributed by atoms with Crippen molar-refractivity contribution in [2.24, 2.45) is 11.8 Å². The van der Waals surface area contributed by atoms with Crippen molar-refractivity contribution in [1.82, 2.24) is 9.62 Å². The Morgan fingerprint density at radius 3 is 2.19 bits per heavy atom. The maximum Gasteiger partial charge on any atom is 0.240 e. The predicted molar refractivity (Wildman–Crippen MR) is 104 cm³/mol. The molecule has 0 saturated heterocycles. The van der Waals surface area contributed by atoms with Gasteiger partial charge in [-0.25, -0.2) is 17.5 Å². The third kappa shape index (κ3) is 6.01. The van der Waals surface area contributed by atoms with E-state index in [-0.39, 0.29) is 22.6 Å². The number of hydrogen-bond acceptors (Lipinski definition) is 3. The zero-order valence-electron chi connectivity index (χ0n) is 15.4. The molecular weight excluding hydrogens is 367 g/mol. The first-order chi connectivity index (χ1) is 12.9. The maximum atomic E-state index is 12.9. The van der Waals surface area contributed by atoms with Crippen molar-refractivity contribution in [2.75, 3.05) is 19.6 Å². The van der Waals surface area contributed by atoms with Gasteiger partial charge in [0, 0.05) is 25.6 Å². The molecule has 0 spiro atoms. The van der Waals surface area contributed by atoms with Crippen molar-refractivity contribution in [3.8, 4) is 0 Å². The quantitative estimate of drug-likeness (QED) is 0.655. The molecule has 1 N–H and O–H groups in total. The van der Waals surface area contributed by atoms with Crippen LogP contribution in [-0.4, -0.2) is 38.9 Å². The zero-order chi connectivity index (χ0) is 19.9. The van der Waals surface area contributed by atoms with Gasteiger partial charge in [0.2, 0.25) is 15.9 Å². The molecule has 0 bridgehead atoms. The molecule has 0 heterocycles. The number of rotatable bonds is 9. The van der Waals surface area contributed by atoms with Crippen LogP contribution in [0.5, 0.6) is 0 Å². The number of halogens is 1. The molecule has 1 aromatic carbocycles. The average molecular weight is 395 g/mol. The molecule has 0 atom stereocenters. The van der Waals surface area contributed by atoms with E-state index in [1.54, 1.807) is 17.1 Å². The molecule has 1 saturated carbocycles. The number of hydrogen-bond donors (Lipinski definition) is 1. The third-order valence-corrected chi connectivity index (χ3v) is 6.33. The van der Waals surface area contributed by atoms with E-state index < -0.39 is 15.8 Å². The minimum absolute atomic E-state index is 0.0325. The second kappa shape index (κ2) is 9.80. The summed E-state index contributed by atoms with van der Waals surface area (Å²) in [5, 5.41) is 0. The molecule has 1 aliphatic rings. The zero-order valence-corrected chi connectivity index (χ0v) is 16.3. The summed E-state index contributed by atoms with van der Waals surface area (Å²) < 4.78 is 40.1. The summed E-state index contributed by atoms with van der Waals surface area (Å²) in [6, 6.07) is 4.76. The molecule has 7 heteroatoms. The van der Waals surface area contributed by atoms with Gasteiger partial charge in [-0.3, -0.25) is 4.79 Å². The van der Waals surface area contributed by atoms with Gasteiger partial charge in [-0.05, 0) is 55.9 Å². The highest BCUT2D eigenvalue weighted by Crippen LogP contribution is 2.30. The second-order valence-corrected chi connectivity index (χ2v) is 8.61. The van der Waals surface area contributed by atoms with Crippen molar-refractivity contribution in [1.29, 1.82) is 0 Å². The van der Waals surface area contributed by atoms with E-state index in [1.165, 1.54) is 12.1 Å². The Bertz CT molecular complexity index is 744. The Labute approximate surface area is 161 Å². The number of amides is 1. The molecule has 0 aromatic heterocycles. The Morgan fingerprint density at radius 1 is 1.11 bits per heavy atom. The van der Waals surface area contributed by atoms with Gasteiger partial charge >= 0.3 is 0 Å². The van der Waals surface area contributed by atoms with Crippen LogP contribution in [0.25, 0.3) is 0 Å². The summed E-state index contributed by atoms with van der Waals surface area (Å²) in [7, 11) is -3.65. The van der Waals surface area contributed by atoms with Gasteiger partial charge < -0.3 is 4.90 Å². The van der Waals surface area contributed by atoms with Crippen molar-refractivity contribution >= 4 is 15.9 Å². The number of nitrogens with one attached hydrogen (secondary N) is 1. The van der Waals surface area contributed by atoms with Crippen molar-refractivity contribution < 1.29 is 17.6 Å². The van der Waals surface area contributed by atoms with Crippen LogP contribution in [-0.2, 0) is 14.8 Å². The van der Waals surface area contributed by atoms with Gasteiger partial charge in [0.15, 0.2) is 0 Å². The fourth-order valence-electron chi connectivity index (χ4n) is 3.36. The van der Waals surface area contributed by atoms with Gasteiger partial charge in [0.25, 0.3) is 0 Å². The highest BCUT2D eigenvalue weighted by atomic mass is 32.2. The van der Waals surface area contributed by atoms with Gasteiger partial charge in [0.05, 0.1) is 4.90 Å². The molecule has 2 rings (SSSR count). The molecule has 27 heavy (non-hydrogen) atoms. The van der Waals surface area contributed by atoms with Crippen molar-refractivity contribution in [3.63, 3.8) is 0 Å². The van der Waals surface area contributed by atoms with Gasteiger partial charge in [0.1, 0.15) is 5.82 Å². The minimum Gasteiger partial charge on any atom is -0.335 e. The highest BCUT2D eigenvalue weighted by Gasteiger charge is 2.29. The number of nitrogens with zero attached hydrogens (tertiary/aromatic N) is 1. The molecule has 1 aromatic rings. The van der Waals surface area contributed by atoms with E-state index in [2.05, 4.69) is 17.9 Å². The van der Waals surface area contributed by atoms with Crippen LogP contribution in [0, 0.1) is 17.7 Å². The first-order valence-electron chi connectivity index (χ1n) is 9.13. The first kappa shape index (κ1) is 21.3. The van der Waals surface area contributed by atoms with Crippen LogP contribution in [0.15, 0.2) is 54.5 Å². The van der Waals surface area contributed by atoms with E-state index >= 15 is 0 Å². The molecule has 0 unspecified atom stereocenters. The lowest BCUT2D eigenvalue weighted by atomic mass is 9.81. The summed E-state index contributed by atoms with van der Waals surface area (Å²) in [5.74, 6) is -0.203. The second-order valence-electron chi connectivity index (χ2n) is 6.84. The van der Waals surface area contributed by atoms with E-state index in [9.17, 15) is 17.6 Å². The maximum absolute atomic E-state index is 12.9. The summed E-state index contributed by atoms with van der Waals surface area (Å²) in [6.45, 7) is 8.70. The summed E-state index contributed by atoms with van der Waals surface area (Å²) in [5.41, 5.74) is 0. The lowest BCUT2D eigenvalue weighted by Crippen LogP contribution is -2.39. The third-order valence-electron chi connectivity index (χ3n) is 4.89. The summed E-state index contributed by atoms with van der Waals surface area (Å²) >= 11 is 0. The lowest BCUT2D eigenvalue weighted by Gasteiger charge is -2.31. The largest absolute Gasteiger partial charge is 0.335 e. The molecule has 0 aliphatic heterocycles. The van der Waals surface area contributed by atoms with Gasteiger partial charge in [-0.15, -0.1) is 13.2 Å². The number of carbonyl (C=O) groups is 1. The minimum atomic E-state index is -3.65. The standard InChI is InChI=1S/C20H27FN2O3S/c1-3-13-23(14-4-2)20(24)17-7-5-16(6-8-17)15-22-27(25,26)19-11-9-18(21)10-12-19/h3-4,9-12,16-17,22H,1-2,5-8,13-15H2. The molecule has 1 aliphatic carbocycles. The first-order valence-corrected chi connectivity index (χ1v) is 10.6. The number of sulfonamides is 1. The molecule has 148 valence electrons. The van der Waals surface area contributed by atoms with Crippen LogP contribution in [0.3, 0.4) is 0 Å². The molecule has 5 nitrogen and oxygen atoms in total. The van der Waals surface area contributed by atoms with E-state index in [0.717, 1.165) is 37.8 Å². The lowest BCUT2D eigenvalue weighted by molar-refractivity contribution is -0.135. The Balaban J connectivity index is 1.85.